The number of aryl methyl sites for hydroxylation is 1. The second-order valence-corrected chi connectivity index (χ2v) is 5.77. The zero-order chi connectivity index (χ0) is 16.4. The summed E-state index contributed by atoms with van der Waals surface area (Å²) in [6.07, 6.45) is 1.44. The molecule has 7 heteroatoms. The molecule has 2 aromatic rings. The molecule has 0 spiro atoms. The first-order valence-corrected chi connectivity index (χ1v) is 7.53. The average molecular weight is 317 g/mol. The molecule has 1 N–H and O–H groups in total. The molecule has 3 rings (SSSR count). The number of amides is 1. The van der Waals surface area contributed by atoms with Gasteiger partial charge in [-0.2, -0.15) is 0 Å². The van der Waals surface area contributed by atoms with E-state index in [2.05, 4.69) is 4.98 Å². The highest BCUT2D eigenvalue weighted by atomic mass is 16.5. The molecule has 1 amide bonds. The Morgan fingerprint density at radius 3 is 3.09 bits per heavy atom. The minimum Gasteiger partial charge on any atom is -0.396 e. The average Bonchev–Trinajstić information content (AvgIpc) is 2.83. The first-order chi connectivity index (χ1) is 11.1. The Morgan fingerprint density at radius 1 is 1.48 bits per heavy atom. The molecule has 0 bridgehead atoms. The quantitative estimate of drug-likeness (QED) is 0.844. The number of hydrogen-bond acceptors (Lipinski definition) is 5. The lowest BCUT2D eigenvalue weighted by Gasteiger charge is -2.22. The van der Waals surface area contributed by atoms with Gasteiger partial charge in [0, 0.05) is 38.2 Å². The van der Waals surface area contributed by atoms with Crippen LogP contribution in [-0.2, 0) is 11.8 Å². The van der Waals surface area contributed by atoms with Gasteiger partial charge < -0.3 is 19.3 Å². The van der Waals surface area contributed by atoms with E-state index in [1.54, 1.807) is 30.1 Å². The molecular weight excluding hydrogens is 298 g/mol. The Kier molecular flexibility index (Phi) is 4.40. The number of aromatic nitrogens is 2. The molecule has 1 aromatic carbocycles. The summed E-state index contributed by atoms with van der Waals surface area (Å²) in [5.74, 6) is -0.217. The number of aliphatic hydroxyl groups is 1. The van der Waals surface area contributed by atoms with E-state index in [1.807, 2.05) is 0 Å². The minimum absolute atomic E-state index is 0.0148. The molecule has 7 nitrogen and oxygen atoms in total. The lowest BCUT2D eigenvalue weighted by Crippen LogP contribution is -2.36. The van der Waals surface area contributed by atoms with E-state index in [0.717, 1.165) is 0 Å². The van der Waals surface area contributed by atoms with Gasteiger partial charge in [-0.25, -0.2) is 4.98 Å². The lowest BCUT2D eigenvalue weighted by atomic mass is 10.1. The number of carbonyl (C=O) groups excluding carboxylic acids is 1. The van der Waals surface area contributed by atoms with E-state index < -0.39 is 0 Å². The van der Waals surface area contributed by atoms with Gasteiger partial charge in [0.15, 0.2) is 0 Å². The molecule has 1 saturated heterocycles. The van der Waals surface area contributed by atoms with Gasteiger partial charge in [-0.05, 0) is 18.2 Å². The summed E-state index contributed by atoms with van der Waals surface area (Å²) in [5, 5.41) is 9.80. The van der Waals surface area contributed by atoms with Crippen molar-refractivity contribution in [3.05, 3.63) is 40.4 Å². The molecule has 1 atom stereocenters. The second-order valence-electron chi connectivity index (χ2n) is 5.77. The normalized spacial score (nSPS) is 18.9. The molecule has 23 heavy (non-hydrogen) atoms. The van der Waals surface area contributed by atoms with E-state index >= 15 is 0 Å². The third-order valence-electron chi connectivity index (χ3n) is 4.05. The number of fused-ring (bicyclic) bond motifs is 1. The van der Waals surface area contributed by atoms with Crippen molar-refractivity contribution in [1.29, 1.82) is 0 Å². The van der Waals surface area contributed by atoms with Crippen LogP contribution in [0.5, 0.6) is 0 Å². The van der Waals surface area contributed by atoms with Crippen LogP contribution in [0.4, 0.5) is 0 Å². The fourth-order valence-electron chi connectivity index (χ4n) is 2.70. The van der Waals surface area contributed by atoms with Crippen molar-refractivity contribution in [2.45, 2.75) is 0 Å². The summed E-state index contributed by atoms with van der Waals surface area (Å²) in [5.41, 5.74) is 0.845. The van der Waals surface area contributed by atoms with E-state index in [0.29, 0.717) is 42.8 Å². The third-order valence-corrected chi connectivity index (χ3v) is 4.05. The number of nitrogens with zero attached hydrogens (tertiary/aromatic N) is 3. The third kappa shape index (κ3) is 3.11. The zero-order valence-electron chi connectivity index (χ0n) is 12.9. The van der Waals surface area contributed by atoms with Gasteiger partial charge in [0.2, 0.25) is 0 Å². The topological polar surface area (TPSA) is 84.7 Å². The Morgan fingerprint density at radius 2 is 2.30 bits per heavy atom. The van der Waals surface area contributed by atoms with E-state index in [4.69, 9.17) is 4.74 Å². The molecule has 1 fully saturated rings. The SMILES string of the molecule is Cn1cnc2cc(C(=O)N3CCOCC(CO)C3)ccc2c1=O. The Labute approximate surface area is 133 Å². The van der Waals surface area contributed by atoms with Crippen molar-refractivity contribution in [2.24, 2.45) is 13.0 Å². The maximum atomic E-state index is 12.7. The van der Waals surface area contributed by atoms with Gasteiger partial charge in [0.1, 0.15) is 0 Å². The molecule has 2 heterocycles. The van der Waals surface area contributed by atoms with Crippen LogP contribution in [0.25, 0.3) is 10.9 Å². The highest BCUT2D eigenvalue weighted by molar-refractivity contribution is 5.97. The summed E-state index contributed by atoms with van der Waals surface area (Å²) in [6, 6.07) is 4.92. The first-order valence-electron chi connectivity index (χ1n) is 7.53. The van der Waals surface area contributed by atoms with Crippen LogP contribution in [0.2, 0.25) is 0 Å². The predicted octanol–water partition coefficient (Wildman–Crippen LogP) is 0.0144. The Hall–Kier alpha value is -2.25. The molecule has 1 aromatic heterocycles. The standard InChI is InChI=1S/C16H19N3O4/c1-18-10-17-14-6-12(2-3-13(14)16(18)22)15(21)19-4-5-23-9-11(7-19)8-20/h2-3,6,10-11,20H,4-5,7-9H2,1H3. The largest absolute Gasteiger partial charge is 0.396 e. The summed E-state index contributed by atoms with van der Waals surface area (Å²) in [7, 11) is 1.64. The number of carbonyl (C=O) groups is 1. The Bertz CT molecular complexity index is 786. The van der Waals surface area contributed by atoms with Crippen LogP contribution >= 0.6 is 0 Å². The van der Waals surface area contributed by atoms with Crippen LogP contribution in [-0.4, -0.2) is 58.4 Å². The molecule has 1 aliphatic heterocycles. The minimum atomic E-state index is -0.141. The van der Waals surface area contributed by atoms with Crippen molar-refractivity contribution in [1.82, 2.24) is 14.5 Å². The van der Waals surface area contributed by atoms with Crippen molar-refractivity contribution in [3.63, 3.8) is 0 Å². The Balaban J connectivity index is 1.91. The van der Waals surface area contributed by atoms with Crippen molar-refractivity contribution >= 4 is 16.8 Å². The monoisotopic (exact) mass is 317 g/mol. The van der Waals surface area contributed by atoms with E-state index in [-0.39, 0.29) is 24.0 Å². The van der Waals surface area contributed by atoms with Crippen LogP contribution in [0.1, 0.15) is 10.4 Å². The summed E-state index contributed by atoms with van der Waals surface area (Å²) < 4.78 is 6.81. The molecule has 0 saturated carbocycles. The van der Waals surface area contributed by atoms with Gasteiger partial charge in [-0.3, -0.25) is 9.59 Å². The smallest absolute Gasteiger partial charge is 0.260 e. The van der Waals surface area contributed by atoms with Crippen LogP contribution in [0.15, 0.2) is 29.3 Å². The molecule has 0 radical (unpaired) electrons. The van der Waals surface area contributed by atoms with E-state index in [1.165, 1.54) is 10.9 Å². The molecule has 1 unspecified atom stereocenters. The van der Waals surface area contributed by atoms with Crippen LogP contribution in [0.3, 0.4) is 0 Å². The highest BCUT2D eigenvalue weighted by Crippen LogP contribution is 2.15. The highest BCUT2D eigenvalue weighted by Gasteiger charge is 2.23. The van der Waals surface area contributed by atoms with Crippen LogP contribution < -0.4 is 5.56 Å². The number of aliphatic hydroxyl groups excluding tert-OH is 1. The molecule has 122 valence electrons. The van der Waals surface area contributed by atoms with Crippen LogP contribution in [0, 0.1) is 5.92 Å². The fourth-order valence-corrected chi connectivity index (χ4v) is 2.70. The van der Waals surface area contributed by atoms with E-state index in [9.17, 15) is 14.7 Å². The predicted molar refractivity (Wildman–Crippen MR) is 84.3 cm³/mol. The maximum absolute atomic E-state index is 12.7. The summed E-state index contributed by atoms with van der Waals surface area (Å²) in [6.45, 7) is 1.83. The van der Waals surface area contributed by atoms with Gasteiger partial charge >= 0.3 is 0 Å². The fraction of sp³-hybridized carbons (Fsp3) is 0.438. The summed E-state index contributed by atoms with van der Waals surface area (Å²) >= 11 is 0. The second kappa shape index (κ2) is 6.47. The maximum Gasteiger partial charge on any atom is 0.260 e. The zero-order valence-corrected chi connectivity index (χ0v) is 12.9. The first kappa shape index (κ1) is 15.6. The van der Waals surface area contributed by atoms with Crippen molar-refractivity contribution in [3.8, 4) is 0 Å². The van der Waals surface area contributed by atoms with Crippen molar-refractivity contribution < 1.29 is 14.6 Å². The number of benzene rings is 1. The molecule has 0 aliphatic carbocycles. The molecular formula is C16H19N3O4. The summed E-state index contributed by atoms with van der Waals surface area (Å²) in [4.78, 5) is 30.6. The van der Waals surface area contributed by atoms with Gasteiger partial charge in [0.05, 0.1) is 30.4 Å². The number of ether oxygens (including phenoxy) is 1. The van der Waals surface area contributed by atoms with Gasteiger partial charge in [-0.15, -0.1) is 0 Å². The van der Waals surface area contributed by atoms with Gasteiger partial charge in [0.25, 0.3) is 11.5 Å². The number of rotatable bonds is 2. The molecule has 1 aliphatic rings. The van der Waals surface area contributed by atoms with Crippen molar-refractivity contribution in [2.75, 3.05) is 32.9 Å². The van der Waals surface area contributed by atoms with Gasteiger partial charge in [-0.1, -0.05) is 0 Å². The lowest BCUT2D eigenvalue weighted by molar-refractivity contribution is 0.0728. The number of hydrogen-bond donors (Lipinski definition) is 1.